The second kappa shape index (κ2) is 5.16. The molecule has 1 aromatic heterocycles. The van der Waals surface area contributed by atoms with Crippen molar-refractivity contribution in [2.75, 3.05) is 19.1 Å². The van der Waals surface area contributed by atoms with Gasteiger partial charge in [0.2, 0.25) is 0 Å². The predicted octanol–water partition coefficient (Wildman–Crippen LogP) is 2.63. The Labute approximate surface area is 124 Å². The molecule has 0 spiro atoms. The van der Waals surface area contributed by atoms with Crippen LogP contribution in [0.25, 0.3) is 21.8 Å². The van der Waals surface area contributed by atoms with Crippen molar-refractivity contribution in [2.24, 2.45) is 0 Å². The zero-order valence-corrected chi connectivity index (χ0v) is 12.9. The summed E-state index contributed by atoms with van der Waals surface area (Å²) < 4.78 is 23.1. The Morgan fingerprint density at radius 3 is 2.52 bits per heavy atom. The van der Waals surface area contributed by atoms with Crippen molar-refractivity contribution in [1.82, 2.24) is 10.3 Å². The summed E-state index contributed by atoms with van der Waals surface area (Å²) in [6, 6.07) is 14.0. The molecule has 3 rings (SSSR count). The third-order valence-corrected chi connectivity index (χ3v) is 4.69. The van der Waals surface area contributed by atoms with Crippen molar-refractivity contribution in [3.63, 3.8) is 0 Å². The van der Waals surface area contributed by atoms with E-state index in [2.05, 4.69) is 22.4 Å². The van der Waals surface area contributed by atoms with Gasteiger partial charge >= 0.3 is 0 Å². The minimum Gasteiger partial charge on any atom is -0.355 e. The lowest BCUT2D eigenvalue weighted by Gasteiger charge is -2.15. The summed E-state index contributed by atoms with van der Waals surface area (Å²) in [5.41, 5.74) is 3.14. The molecule has 0 aliphatic heterocycles. The van der Waals surface area contributed by atoms with Crippen molar-refractivity contribution in [2.45, 2.75) is 6.04 Å². The Morgan fingerprint density at radius 1 is 1.10 bits per heavy atom. The van der Waals surface area contributed by atoms with E-state index in [1.165, 1.54) is 6.26 Å². The lowest BCUT2D eigenvalue weighted by Crippen LogP contribution is -2.24. The fourth-order valence-electron chi connectivity index (χ4n) is 2.73. The van der Waals surface area contributed by atoms with E-state index in [1.807, 2.05) is 30.3 Å². The van der Waals surface area contributed by atoms with Gasteiger partial charge in [0.05, 0.1) is 5.75 Å². The quantitative estimate of drug-likeness (QED) is 0.779. The molecule has 0 radical (unpaired) electrons. The molecular formula is C16H18N2O2S. The van der Waals surface area contributed by atoms with Crippen LogP contribution in [0, 0.1) is 0 Å². The molecule has 0 saturated carbocycles. The predicted molar refractivity (Wildman–Crippen MR) is 87.3 cm³/mol. The van der Waals surface area contributed by atoms with Gasteiger partial charge in [-0.2, -0.15) is 0 Å². The van der Waals surface area contributed by atoms with Gasteiger partial charge in [-0.15, -0.1) is 0 Å². The molecule has 1 heterocycles. The Balaban J connectivity index is 2.13. The zero-order chi connectivity index (χ0) is 15.0. The highest BCUT2D eigenvalue weighted by Crippen LogP contribution is 2.28. The minimum absolute atomic E-state index is 0.0946. The molecular weight excluding hydrogens is 284 g/mol. The number of H-pyrrole nitrogens is 1. The maximum absolute atomic E-state index is 11.6. The highest BCUT2D eigenvalue weighted by atomic mass is 32.2. The van der Waals surface area contributed by atoms with Crippen molar-refractivity contribution in [1.29, 1.82) is 0 Å². The molecule has 0 aliphatic rings. The van der Waals surface area contributed by atoms with Gasteiger partial charge < -0.3 is 10.3 Å². The molecule has 110 valence electrons. The number of nitrogens with one attached hydrogen (secondary N) is 2. The lowest BCUT2D eigenvalue weighted by molar-refractivity contribution is 0.579. The third-order valence-electron chi connectivity index (χ3n) is 3.75. The number of hydrogen-bond acceptors (Lipinski definition) is 3. The van der Waals surface area contributed by atoms with Crippen LogP contribution in [0.15, 0.2) is 42.5 Å². The van der Waals surface area contributed by atoms with E-state index >= 15 is 0 Å². The fourth-order valence-corrected chi connectivity index (χ4v) is 3.70. The number of rotatable bonds is 4. The van der Waals surface area contributed by atoms with E-state index in [0.29, 0.717) is 0 Å². The maximum atomic E-state index is 11.6. The maximum Gasteiger partial charge on any atom is 0.149 e. The highest BCUT2D eigenvalue weighted by Gasteiger charge is 2.16. The second-order valence-electron chi connectivity index (χ2n) is 5.41. The Morgan fingerprint density at radius 2 is 1.81 bits per heavy atom. The zero-order valence-electron chi connectivity index (χ0n) is 12.1. The number of hydrogen-bond donors (Lipinski definition) is 2. The van der Waals surface area contributed by atoms with Gasteiger partial charge in [-0.25, -0.2) is 8.42 Å². The second-order valence-corrected chi connectivity index (χ2v) is 7.59. The van der Waals surface area contributed by atoms with Gasteiger partial charge in [-0.1, -0.05) is 24.3 Å². The van der Waals surface area contributed by atoms with Crippen molar-refractivity contribution in [3.8, 4) is 0 Å². The SMILES string of the molecule is CNC(CS(C)(=O)=O)c1ccc2[nH]c3ccccc3c2c1. The summed E-state index contributed by atoms with van der Waals surface area (Å²) in [6.45, 7) is 0. The van der Waals surface area contributed by atoms with Crippen molar-refractivity contribution in [3.05, 3.63) is 48.0 Å². The van der Waals surface area contributed by atoms with Crippen LogP contribution in [0.4, 0.5) is 0 Å². The van der Waals surface area contributed by atoms with Crippen LogP contribution in [0.1, 0.15) is 11.6 Å². The standard InChI is InChI=1S/C16H18N2O2S/c1-17-16(10-21(2,19)20)11-7-8-15-13(9-11)12-5-3-4-6-14(12)18-15/h3-9,16-18H,10H2,1-2H3. The molecule has 0 bridgehead atoms. The van der Waals surface area contributed by atoms with E-state index in [4.69, 9.17) is 0 Å². The first-order valence-corrected chi connectivity index (χ1v) is 8.89. The van der Waals surface area contributed by atoms with E-state index in [9.17, 15) is 8.42 Å². The molecule has 0 aliphatic carbocycles. The number of benzene rings is 2. The topological polar surface area (TPSA) is 62.0 Å². The smallest absolute Gasteiger partial charge is 0.149 e. The minimum atomic E-state index is -3.04. The highest BCUT2D eigenvalue weighted by molar-refractivity contribution is 7.90. The first-order valence-electron chi connectivity index (χ1n) is 6.83. The van der Waals surface area contributed by atoms with E-state index < -0.39 is 9.84 Å². The van der Waals surface area contributed by atoms with Crippen molar-refractivity contribution >= 4 is 31.6 Å². The molecule has 2 N–H and O–H groups in total. The Hall–Kier alpha value is -1.85. The Kier molecular flexibility index (Phi) is 3.47. The largest absolute Gasteiger partial charge is 0.355 e. The molecule has 1 atom stereocenters. The monoisotopic (exact) mass is 302 g/mol. The van der Waals surface area contributed by atoms with Gasteiger partial charge in [0.15, 0.2) is 0 Å². The van der Waals surface area contributed by atoms with Gasteiger partial charge in [0.1, 0.15) is 9.84 Å². The van der Waals surface area contributed by atoms with Crippen LogP contribution in [-0.4, -0.2) is 32.5 Å². The number of aromatic nitrogens is 1. The Bertz CT molecular complexity index is 897. The number of para-hydroxylation sites is 1. The summed E-state index contributed by atoms with van der Waals surface area (Å²) >= 11 is 0. The summed E-state index contributed by atoms with van der Waals surface area (Å²) in [5, 5.41) is 5.37. The van der Waals surface area contributed by atoms with Crippen LogP contribution >= 0.6 is 0 Å². The van der Waals surface area contributed by atoms with Crippen LogP contribution < -0.4 is 5.32 Å². The third kappa shape index (κ3) is 2.80. The van der Waals surface area contributed by atoms with Crippen LogP contribution in [0.3, 0.4) is 0 Å². The lowest BCUT2D eigenvalue weighted by atomic mass is 10.0. The van der Waals surface area contributed by atoms with Crippen LogP contribution in [0.2, 0.25) is 0 Å². The molecule has 21 heavy (non-hydrogen) atoms. The van der Waals surface area contributed by atoms with E-state index in [1.54, 1.807) is 7.05 Å². The molecule has 3 aromatic rings. The molecule has 1 unspecified atom stereocenters. The van der Waals surface area contributed by atoms with Gasteiger partial charge in [-0.3, -0.25) is 0 Å². The number of fused-ring (bicyclic) bond motifs is 3. The van der Waals surface area contributed by atoms with Gasteiger partial charge in [0.25, 0.3) is 0 Å². The first-order chi connectivity index (χ1) is 9.98. The summed E-state index contributed by atoms with van der Waals surface area (Å²) in [5.74, 6) is 0.0946. The average Bonchev–Trinajstić information content (AvgIpc) is 2.81. The normalized spacial score (nSPS) is 13.8. The fraction of sp³-hybridized carbons (Fsp3) is 0.250. The average molecular weight is 302 g/mol. The number of sulfone groups is 1. The molecule has 0 amide bonds. The molecule has 0 fully saturated rings. The van der Waals surface area contributed by atoms with Crippen LogP contribution in [0.5, 0.6) is 0 Å². The summed E-state index contributed by atoms with van der Waals surface area (Å²) in [7, 11) is -1.25. The molecule has 0 saturated heterocycles. The summed E-state index contributed by atoms with van der Waals surface area (Å²) in [6.07, 6.45) is 1.27. The van der Waals surface area contributed by atoms with Crippen LogP contribution in [-0.2, 0) is 9.84 Å². The molecule has 5 heteroatoms. The first kappa shape index (κ1) is 14.1. The van der Waals surface area contributed by atoms with E-state index in [0.717, 1.165) is 27.4 Å². The van der Waals surface area contributed by atoms with E-state index in [-0.39, 0.29) is 11.8 Å². The molecule has 4 nitrogen and oxygen atoms in total. The number of aromatic amines is 1. The van der Waals surface area contributed by atoms with Gasteiger partial charge in [0, 0.05) is 34.1 Å². The molecule has 2 aromatic carbocycles. The summed E-state index contributed by atoms with van der Waals surface area (Å²) in [4.78, 5) is 3.37. The van der Waals surface area contributed by atoms with Crippen molar-refractivity contribution < 1.29 is 8.42 Å². The van der Waals surface area contributed by atoms with Gasteiger partial charge in [-0.05, 0) is 30.8 Å².